The number of rotatable bonds is 6. The van der Waals surface area contributed by atoms with Gasteiger partial charge in [0.2, 0.25) is 5.91 Å². The number of hydrogen-bond acceptors (Lipinski definition) is 4. The van der Waals surface area contributed by atoms with Crippen LogP contribution in [0.5, 0.6) is 5.75 Å². The molecule has 1 aromatic carbocycles. The van der Waals surface area contributed by atoms with Crippen molar-refractivity contribution >= 4 is 24.0 Å². The van der Waals surface area contributed by atoms with E-state index in [1.165, 1.54) is 6.42 Å². The number of carbonyl (C=O) groups is 1. The Hall–Kier alpha value is -1.30. The Morgan fingerprint density at radius 1 is 1.41 bits per heavy atom. The van der Waals surface area contributed by atoms with Gasteiger partial charge in [-0.05, 0) is 62.5 Å². The van der Waals surface area contributed by atoms with Gasteiger partial charge in [0, 0.05) is 12.2 Å². The van der Waals surface area contributed by atoms with Crippen LogP contribution in [0.4, 0.5) is 5.69 Å². The lowest BCUT2D eigenvalue weighted by molar-refractivity contribution is -0.117. The molecule has 1 amide bonds. The molecule has 3 N–H and O–H groups in total. The van der Waals surface area contributed by atoms with Gasteiger partial charge in [-0.1, -0.05) is 0 Å². The zero-order chi connectivity index (χ0) is 15.1. The summed E-state index contributed by atoms with van der Waals surface area (Å²) in [5, 5.41) is 2.93. The minimum absolute atomic E-state index is 0. The maximum atomic E-state index is 12.1. The summed E-state index contributed by atoms with van der Waals surface area (Å²) in [5.41, 5.74) is 6.43. The normalized spacial score (nSPS) is 18.4. The van der Waals surface area contributed by atoms with Gasteiger partial charge < -0.3 is 15.8 Å². The molecule has 2 rings (SSSR count). The standard InChI is InChI=1S/C16H25N3O2.ClH/c1-21-15-6-4-14(5-7-15)18-16(20)12-19-10-2-3-13(11-19)8-9-17;/h4-7,13H,2-3,8-12,17H2,1H3,(H,18,20);1H. The van der Waals surface area contributed by atoms with E-state index in [9.17, 15) is 4.79 Å². The SMILES string of the molecule is COc1ccc(NC(=O)CN2CCCC(CCN)C2)cc1.Cl. The van der Waals surface area contributed by atoms with E-state index in [0.717, 1.165) is 43.9 Å². The number of methoxy groups -OCH3 is 1. The van der Waals surface area contributed by atoms with Crippen LogP contribution < -0.4 is 15.8 Å². The van der Waals surface area contributed by atoms with Gasteiger partial charge in [-0.2, -0.15) is 0 Å². The van der Waals surface area contributed by atoms with Gasteiger partial charge >= 0.3 is 0 Å². The molecule has 5 nitrogen and oxygen atoms in total. The summed E-state index contributed by atoms with van der Waals surface area (Å²) >= 11 is 0. The fourth-order valence-electron chi connectivity index (χ4n) is 2.84. The van der Waals surface area contributed by atoms with Crippen molar-refractivity contribution < 1.29 is 9.53 Å². The fourth-order valence-corrected chi connectivity index (χ4v) is 2.84. The van der Waals surface area contributed by atoms with Crippen LogP contribution >= 0.6 is 12.4 Å². The fraction of sp³-hybridized carbons (Fsp3) is 0.562. The first-order chi connectivity index (χ1) is 10.2. The summed E-state index contributed by atoms with van der Waals surface area (Å²) in [4.78, 5) is 14.3. The summed E-state index contributed by atoms with van der Waals surface area (Å²) in [6, 6.07) is 7.38. The molecular formula is C16H26ClN3O2. The summed E-state index contributed by atoms with van der Waals surface area (Å²) < 4.78 is 5.10. The molecule has 1 atom stereocenters. The van der Waals surface area contributed by atoms with E-state index in [1.54, 1.807) is 7.11 Å². The van der Waals surface area contributed by atoms with Crippen molar-refractivity contribution in [3.63, 3.8) is 0 Å². The zero-order valence-corrected chi connectivity index (χ0v) is 13.9. The van der Waals surface area contributed by atoms with Gasteiger partial charge in [0.05, 0.1) is 13.7 Å². The maximum Gasteiger partial charge on any atom is 0.238 e. The van der Waals surface area contributed by atoms with E-state index in [-0.39, 0.29) is 18.3 Å². The van der Waals surface area contributed by atoms with Crippen molar-refractivity contribution in [1.82, 2.24) is 4.90 Å². The Kier molecular flexibility index (Phi) is 8.24. The number of amides is 1. The first kappa shape index (κ1) is 18.7. The number of benzene rings is 1. The van der Waals surface area contributed by atoms with E-state index >= 15 is 0 Å². The van der Waals surface area contributed by atoms with Gasteiger partial charge in [0.1, 0.15) is 5.75 Å². The summed E-state index contributed by atoms with van der Waals surface area (Å²) in [5.74, 6) is 1.46. The first-order valence-corrected chi connectivity index (χ1v) is 7.57. The van der Waals surface area contributed by atoms with E-state index in [2.05, 4.69) is 10.2 Å². The van der Waals surface area contributed by atoms with Crippen LogP contribution in [0.25, 0.3) is 0 Å². The molecule has 1 aromatic rings. The highest BCUT2D eigenvalue weighted by atomic mass is 35.5. The lowest BCUT2D eigenvalue weighted by Gasteiger charge is -2.32. The number of hydrogen-bond donors (Lipinski definition) is 2. The molecule has 1 aliphatic rings. The Labute approximate surface area is 138 Å². The molecular weight excluding hydrogens is 302 g/mol. The molecule has 124 valence electrons. The average molecular weight is 328 g/mol. The molecule has 1 aliphatic heterocycles. The molecule has 1 unspecified atom stereocenters. The van der Waals surface area contributed by atoms with Gasteiger partial charge in [-0.25, -0.2) is 0 Å². The summed E-state index contributed by atoms with van der Waals surface area (Å²) in [6.45, 7) is 3.16. The van der Waals surface area contributed by atoms with Crippen LogP contribution in [0.15, 0.2) is 24.3 Å². The van der Waals surface area contributed by atoms with Crippen molar-refractivity contribution in [2.75, 3.05) is 38.6 Å². The van der Waals surface area contributed by atoms with Crippen molar-refractivity contribution in [3.05, 3.63) is 24.3 Å². The Bertz CT molecular complexity index is 451. The molecule has 0 aliphatic carbocycles. The van der Waals surface area contributed by atoms with Crippen LogP contribution in [-0.4, -0.2) is 44.1 Å². The Morgan fingerprint density at radius 2 is 2.14 bits per heavy atom. The molecule has 0 spiro atoms. The van der Waals surface area contributed by atoms with Crippen LogP contribution in [-0.2, 0) is 4.79 Å². The quantitative estimate of drug-likeness (QED) is 0.840. The predicted molar refractivity (Wildman–Crippen MR) is 91.7 cm³/mol. The van der Waals surface area contributed by atoms with E-state index < -0.39 is 0 Å². The lowest BCUT2D eigenvalue weighted by Crippen LogP contribution is -2.40. The van der Waals surface area contributed by atoms with E-state index in [1.807, 2.05) is 24.3 Å². The van der Waals surface area contributed by atoms with Crippen LogP contribution in [0.3, 0.4) is 0 Å². The molecule has 22 heavy (non-hydrogen) atoms. The smallest absolute Gasteiger partial charge is 0.238 e. The van der Waals surface area contributed by atoms with E-state index in [4.69, 9.17) is 10.5 Å². The molecule has 0 bridgehead atoms. The van der Waals surface area contributed by atoms with Gasteiger partial charge in [-0.3, -0.25) is 9.69 Å². The second kappa shape index (κ2) is 9.66. The van der Waals surface area contributed by atoms with Gasteiger partial charge in [0.25, 0.3) is 0 Å². The van der Waals surface area contributed by atoms with Gasteiger partial charge in [0.15, 0.2) is 0 Å². The molecule has 0 saturated carbocycles. The topological polar surface area (TPSA) is 67.6 Å². The van der Waals surface area contributed by atoms with E-state index in [0.29, 0.717) is 12.5 Å². The highest BCUT2D eigenvalue weighted by Crippen LogP contribution is 2.19. The van der Waals surface area contributed by atoms with Crippen LogP contribution in [0.1, 0.15) is 19.3 Å². The predicted octanol–water partition coefficient (Wildman–Crippen LogP) is 2.12. The number of ether oxygens (including phenoxy) is 1. The monoisotopic (exact) mass is 327 g/mol. The number of anilines is 1. The van der Waals surface area contributed by atoms with Crippen molar-refractivity contribution in [3.8, 4) is 5.75 Å². The highest BCUT2D eigenvalue weighted by molar-refractivity contribution is 5.92. The Balaban J connectivity index is 0.00000242. The first-order valence-electron chi connectivity index (χ1n) is 7.57. The molecule has 1 fully saturated rings. The minimum atomic E-state index is 0. The molecule has 1 heterocycles. The number of likely N-dealkylation sites (tertiary alicyclic amines) is 1. The molecule has 1 saturated heterocycles. The highest BCUT2D eigenvalue weighted by Gasteiger charge is 2.20. The maximum absolute atomic E-state index is 12.1. The largest absolute Gasteiger partial charge is 0.497 e. The molecule has 0 radical (unpaired) electrons. The summed E-state index contributed by atoms with van der Waals surface area (Å²) in [7, 11) is 1.63. The third-order valence-electron chi connectivity index (χ3n) is 3.92. The number of nitrogens with zero attached hydrogens (tertiary/aromatic N) is 1. The molecule has 6 heteroatoms. The second-order valence-corrected chi connectivity index (χ2v) is 5.60. The number of carbonyl (C=O) groups excluding carboxylic acids is 1. The zero-order valence-electron chi connectivity index (χ0n) is 13.1. The number of halogens is 1. The third kappa shape index (κ3) is 5.83. The minimum Gasteiger partial charge on any atom is -0.497 e. The van der Waals surface area contributed by atoms with Crippen molar-refractivity contribution in [1.29, 1.82) is 0 Å². The summed E-state index contributed by atoms with van der Waals surface area (Å²) in [6.07, 6.45) is 3.44. The van der Waals surface area contributed by atoms with Crippen LogP contribution in [0, 0.1) is 5.92 Å². The second-order valence-electron chi connectivity index (χ2n) is 5.60. The van der Waals surface area contributed by atoms with Crippen LogP contribution in [0.2, 0.25) is 0 Å². The number of nitrogens with two attached hydrogens (primary N) is 1. The lowest BCUT2D eigenvalue weighted by atomic mass is 9.95. The third-order valence-corrected chi connectivity index (χ3v) is 3.92. The van der Waals surface area contributed by atoms with Gasteiger partial charge in [-0.15, -0.1) is 12.4 Å². The van der Waals surface area contributed by atoms with Crippen molar-refractivity contribution in [2.45, 2.75) is 19.3 Å². The number of piperidine rings is 1. The molecule has 0 aromatic heterocycles. The Morgan fingerprint density at radius 3 is 2.77 bits per heavy atom. The average Bonchev–Trinajstić information content (AvgIpc) is 2.48. The number of nitrogens with one attached hydrogen (secondary N) is 1. The van der Waals surface area contributed by atoms with Crippen molar-refractivity contribution in [2.24, 2.45) is 11.7 Å².